The van der Waals surface area contributed by atoms with E-state index in [1.807, 2.05) is 0 Å². The van der Waals surface area contributed by atoms with Gasteiger partial charge in [0.2, 0.25) is 0 Å². The Bertz CT molecular complexity index is 540. The van der Waals surface area contributed by atoms with Crippen molar-refractivity contribution in [1.82, 2.24) is 5.32 Å². The number of amides is 1. The second-order valence-corrected chi connectivity index (χ2v) is 5.76. The number of hydrogen-bond donors (Lipinski definition) is 3. The Hall–Kier alpha value is -1.75. The van der Waals surface area contributed by atoms with E-state index in [4.69, 9.17) is 11.6 Å². The van der Waals surface area contributed by atoms with Crippen LogP contribution in [0.4, 0.5) is 0 Å². The molecule has 0 saturated heterocycles. The molecule has 6 heteroatoms. The first kappa shape index (κ1) is 15.6. The third-order valence-corrected chi connectivity index (χ3v) is 4.19. The van der Waals surface area contributed by atoms with Crippen LogP contribution in [-0.2, 0) is 4.79 Å². The zero-order valence-corrected chi connectivity index (χ0v) is 12.3. The van der Waals surface area contributed by atoms with E-state index in [2.05, 4.69) is 5.32 Å². The maximum Gasteiger partial charge on any atom is 0.326 e. The third kappa shape index (κ3) is 3.88. The van der Waals surface area contributed by atoms with Crippen molar-refractivity contribution >= 4 is 23.5 Å². The predicted octanol–water partition coefficient (Wildman–Crippen LogP) is 2.81. The van der Waals surface area contributed by atoms with Gasteiger partial charge in [-0.1, -0.05) is 30.9 Å². The average Bonchev–Trinajstić information content (AvgIpc) is 2.48. The van der Waals surface area contributed by atoms with E-state index in [-0.39, 0.29) is 22.3 Å². The van der Waals surface area contributed by atoms with Crippen molar-refractivity contribution < 1.29 is 19.8 Å². The van der Waals surface area contributed by atoms with Gasteiger partial charge in [-0.25, -0.2) is 4.79 Å². The SMILES string of the molecule is O=C(NC(C(=O)O)C1CCCCC1)c1ccc(O)c(Cl)c1. The maximum absolute atomic E-state index is 12.2. The number of hydrogen-bond acceptors (Lipinski definition) is 3. The van der Waals surface area contributed by atoms with E-state index in [0.717, 1.165) is 32.1 Å². The molecule has 0 aliphatic heterocycles. The van der Waals surface area contributed by atoms with Crippen molar-refractivity contribution in [3.8, 4) is 5.75 Å². The molecule has 1 amide bonds. The van der Waals surface area contributed by atoms with Crippen LogP contribution in [0.3, 0.4) is 0 Å². The Morgan fingerprint density at radius 1 is 1.24 bits per heavy atom. The van der Waals surface area contributed by atoms with Crippen molar-refractivity contribution in [3.63, 3.8) is 0 Å². The number of phenols is 1. The number of nitrogens with one attached hydrogen (secondary N) is 1. The second kappa shape index (κ2) is 6.80. The number of aliphatic carboxylic acids is 1. The summed E-state index contributed by atoms with van der Waals surface area (Å²) in [6, 6.07) is 3.17. The number of benzene rings is 1. The summed E-state index contributed by atoms with van der Waals surface area (Å²) in [5, 5.41) is 21.3. The molecule has 1 aliphatic carbocycles. The van der Waals surface area contributed by atoms with Gasteiger partial charge in [-0.3, -0.25) is 4.79 Å². The largest absolute Gasteiger partial charge is 0.506 e. The summed E-state index contributed by atoms with van der Waals surface area (Å²) in [5.41, 5.74) is 0.236. The topological polar surface area (TPSA) is 86.6 Å². The molecule has 114 valence electrons. The van der Waals surface area contributed by atoms with Crippen molar-refractivity contribution in [2.24, 2.45) is 5.92 Å². The van der Waals surface area contributed by atoms with Gasteiger partial charge in [0.25, 0.3) is 5.91 Å². The van der Waals surface area contributed by atoms with Crippen LogP contribution >= 0.6 is 11.6 Å². The van der Waals surface area contributed by atoms with Gasteiger partial charge in [-0.05, 0) is 37.0 Å². The molecule has 1 fully saturated rings. The molecule has 1 aromatic rings. The van der Waals surface area contributed by atoms with Crippen LogP contribution in [0.15, 0.2) is 18.2 Å². The molecular formula is C15H18ClNO4. The molecule has 1 unspecified atom stereocenters. The van der Waals surface area contributed by atoms with Crippen molar-refractivity contribution in [2.75, 3.05) is 0 Å². The smallest absolute Gasteiger partial charge is 0.326 e. The molecule has 1 aliphatic rings. The van der Waals surface area contributed by atoms with E-state index in [9.17, 15) is 19.8 Å². The molecule has 0 radical (unpaired) electrons. The predicted molar refractivity (Wildman–Crippen MR) is 78.6 cm³/mol. The number of carbonyl (C=O) groups is 2. The summed E-state index contributed by atoms with van der Waals surface area (Å²) in [6.07, 6.45) is 4.73. The molecule has 5 nitrogen and oxygen atoms in total. The second-order valence-electron chi connectivity index (χ2n) is 5.35. The van der Waals surface area contributed by atoms with Gasteiger partial charge in [0.1, 0.15) is 11.8 Å². The highest BCUT2D eigenvalue weighted by atomic mass is 35.5. The average molecular weight is 312 g/mol. The maximum atomic E-state index is 12.2. The minimum Gasteiger partial charge on any atom is -0.506 e. The molecule has 2 rings (SSSR count). The van der Waals surface area contributed by atoms with E-state index in [0.29, 0.717) is 0 Å². The van der Waals surface area contributed by atoms with Gasteiger partial charge in [-0.2, -0.15) is 0 Å². The molecule has 1 atom stereocenters. The first-order valence-corrected chi connectivity index (χ1v) is 7.39. The van der Waals surface area contributed by atoms with Crippen LogP contribution in [0.2, 0.25) is 5.02 Å². The number of rotatable bonds is 4. The van der Waals surface area contributed by atoms with E-state index >= 15 is 0 Å². The standard InChI is InChI=1S/C15H18ClNO4/c16-11-8-10(6-7-12(11)18)14(19)17-13(15(20)21)9-4-2-1-3-5-9/h6-9,13,18H,1-5H2,(H,17,19)(H,20,21). The summed E-state index contributed by atoms with van der Waals surface area (Å²) >= 11 is 5.76. The van der Waals surface area contributed by atoms with Crippen LogP contribution in [0.5, 0.6) is 5.75 Å². The Balaban J connectivity index is 2.10. The molecule has 0 spiro atoms. The number of carboxylic acids is 1. The van der Waals surface area contributed by atoms with Gasteiger partial charge >= 0.3 is 5.97 Å². The highest BCUT2D eigenvalue weighted by molar-refractivity contribution is 6.32. The lowest BCUT2D eigenvalue weighted by atomic mass is 9.84. The first-order valence-electron chi connectivity index (χ1n) is 7.01. The fourth-order valence-corrected chi connectivity index (χ4v) is 2.90. The van der Waals surface area contributed by atoms with Gasteiger partial charge in [-0.15, -0.1) is 0 Å². The van der Waals surface area contributed by atoms with Crippen molar-refractivity contribution in [1.29, 1.82) is 0 Å². The zero-order valence-electron chi connectivity index (χ0n) is 11.5. The third-order valence-electron chi connectivity index (χ3n) is 3.88. The van der Waals surface area contributed by atoms with Crippen LogP contribution in [0.1, 0.15) is 42.5 Å². The van der Waals surface area contributed by atoms with Crippen LogP contribution < -0.4 is 5.32 Å². The van der Waals surface area contributed by atoms with E-state index < -0.39 is 17.9 Å². The molecular weight excluding hydrogens is 294 g/mol. The highest BCUT2D eigenvalue weighted by Gasteiger charge is 2.31. The summed E-state index contributed by atoms with van der Waals surface area (Å²) in [5.74, 6) is -1.65. The number of halogens is 1. The molecule has 0 heterocycles. The summed E-state index contributed by atoms with van der Waals surface area (Å²) in [6.45, 7) is 0. The fourth-order valence-electron chi connectivity index (χ4n) is 2.72. The Morgan fingerprint density at radius 2 is 1.90 bits per heavy atom. The summed E-state index contributed by atoms with van der Waals surface area (Å²) in [7, 11) is 0. The van der Waals surface area contributed by atoms with E-state index in [1.165, 1.54) is 18.2 Å². The van der Waals surface area contributed by atoms with Crippen molar-refractivity contribution in [3.05, 3.63) is 28.8 Å². The number of carboxylic acid groups (broad SMARTS) is 1. The normalized spacial score (nSPS) is 17.2. The van der Waals surface area contributed by atoms with Gasteiger partial charge in [0, 0.05) is 5.56 Å². The Morgan fingerprint density at radius 3 is 2.48 bits per heavy atom. The Kier molecular flexibility index (Phi) is 5.07. The minimum atomic E-state index is -1.01. The van der Waals surface area contributed by atoms with Crippen LogP contribution in [0.25, 0.3) is 0 Å². The number of carbonyl (C=O) groups excluding carboxylic acids is 1. The quantitative estimate of drug-likeness (QED) is 0.798. The molecule has 1 saturated carbocycles. The summed E-state index contributed by atoms with van der Waals surface area (Å²) < 4.78 is 0. The van der Waals surface area contributed by atoms with Crippen LogP contribution in [-0.4, -0.2) is 28.1 Å². The lowest BCUT2D eigenvalue weighted by Gasteiger charge is -2.28. The lowest BCUT2D eigenvalue weighted by Crippen LogP contribution is -2.46. The molecule has 0 bridgehead atoms. The lowest BCUT2D eigenvalue weighted by molar-refractivity contribution is -0.141. The fraction of sp³-hybridized carbons (Fsp3) is 0.467. The van der Waals surface area contributed by atoms with Gasteiger partial charge in [0.15, 0.2) is 0 Å². The molecule has 3 N–H and O–H groups in total. The monoisotopic (exact) mass is 311 g/mol. The number of aromatic hydroxyl groups is 1. The van der Waals surface area contributed by atoms with E-state index in [1.54, 1.807) is 0 Å². The van der Waals surface area contributed by atoms with Gasteiger partial charge in [0.05, 0.1) is 5.02 Å². The van der Waals surface area contributed by atoms with Crippen LogP contribution in [0, 0.1) is 5.92 Å². The first-order chi connectivity index (χ1) is 9.99. The molecule has 21 heavy (non-hydrogen) atoms. The zero-order chi connectivity index (χ0) is 15.4. The van der Waals surface area contributed by atoms with Crippen molar-refractivity contribution in [2.45, 2.75) is 38.1 Å². The highest BCUT2D eigenvalue weighted by Crippen LogP contribution is 2.27. The molecule has 1 aromatic carbocycles. The Labute approximate surface area is 127 Å². The molecule has 0 aromatic heterocycles. The van der Waals surface area contributed by atoms with Gasteiger partial charge < -0.3 is 15.5 Å². The minimum absolute atomic E-state index is 0.0345. The number of phenolic OH excluding ortho intramolecular Hbond substituents is 1. The summed E-state index contributed by atoms with van der Waals surface area (Å²) in [4.78, 5) is 23.6.